The number of imide groups is 1. The molecule has 47 heavy (non-hydrogen) atoms. The van der Waals surface area contributed by atoms with Gasteiger partial charge in [0.2, 0.25) is 17.7 Å². The number of thioether (sulfide) groups is 1. The number of ether oxygens (including phenoxy) is 1. The van der Waals surface area contributed by atoms with Crippen LogP contribution in [-0.2, 0) is 25.7 Å². The Morgan fingerprint density at radius 1 is 0.894 bits per heavy atom. The average molecular weight is 729 g/mol. The van der Waals surface area contributed by atoms with Crippen molar-refractivity contribution in [2.75, 3.05) is 16.8 Å². The van der Waals surface area contributed by atoms with E-state index in [1.165, 1.54) is 16.7 Å². The predicted octanol–water partition coefficient (Wildman–Crippen LogP) is 6.44. The summed E-state index contributed by atoms with van der Waals surface area (Å²) < 4.78 is 7.31. The van der Waals surface area contributed by atoms with E-state index >= 15 is 0 Å². The van der Waals surface area contributed by atoms with Crippen LogP contribution in [-0.4, -0.2) is 40.1 Å². The number of carbonyl (C=O) groups excluding carboxylic acids is 4. The third-order valence-electron chi connectivity index (χ3n) is 8.25. The minimum Gasteiger partial charge on any atom is -0.462 e. The highest BCUT2D eigenvalue weighted by Gasteiger charge is 2.56. The van der Waals surface area contributed by atoms with Crippen LogP contribution >= 0.6 is 39.0 Å². The van der Waals surface area contributed by atoms with Crippen LogP contribution in [0.15, 0.2) is 105 Å². The molecule has 9 nitrogen and oxygen atoms in total. The molecule has 0 saturated carbocycles. The Balaban J connectivity index is 1.23. The molecule has 7 rings (SSSR count). The van der Waals surface area contributed by atoms with Crippen LogP contribution in [0.3, 0.4) is 0 Å². The molecule has 12 heteroatoms. The first-order valence-corrected chi connectivity index (χ1v) is 17.3. The van der Waals surface area contributed by atoms with Gasteiger partial charge >= 0.3 is 10.8 Å². The number of aromatic nitrogens is 1. The third-order valence-corrected chi connectivity index (χ3v) is 11.4. The molecule has 0 spiro atoms. The summed E-state index contributed by atoms with van der Waals surface area (Å²) in [5.41, 5.74) is 2.03. The summed E-state index contributed by atoms with van der Waals surface area (Å²) in [4.78, 5) is 68.6. The van der Waals surface area contributed by atoms with Crippen molar-refractivity contribution in [2.45, 2.75) is 29.7 Å². The quantitative estimate of drug-likeness (QED) is 0.152. The predicted molar refractivity (Wildman–Crippen MR) is 185 cm³/mol. The molecule has 3 amide bonds. The van der Waals surface area contributed by atoms with Crippen molar-refractivity contribution in [2.24, 2.45) is 5.92 Å². The number of fused-ring (bicyclic) bond motifs is 3. The van der Waals surface area contributed by atoms with Crippen molar-refractivity contribution in [1.29, 1.82) is 0 Å². The first kappa shape index (κ1) is 31.1. The fraction of sp³-hybridized carbons (Fsp3) is 0.171. The molecule has 0 aliphatic carbocycles. The number of nitrogens with one attached hydrogen (secondary N) is 1. The van der Waals surface area contributed by atoms with Gasteiger partial charge in [-0.05, 0) is 71.8 Å². The number of halogens is 1. The topological polar surface area (TPSA) is 115 Å². The molecular formula is C35H26BrN3O6S2. The largest absolute Gasteiger partial charge is 0.462 e. The van der Waals surface area contributed by atoms with Gasteiger partial charge in [-0.25, -0.2) is 9.69 Å². The van der Waals surface area contributed by atoms with Crippen LogP contribution in [0.2, 0.25) is 0 Å². The summed E-state index contributed by atoms with van der Waals surface area (Å²) >= 11 is 5.61. The summed E-state index contributed by atoms with van der Waals surface area (Å²) in [6, 6.07) is 27.0. The van der Waals surface area contributed by atoms with Gasteiger partial charge in [0.05, 0.1) is 28.8 Å². The smallest absolute Gasteiger partial charge is 0.338 e. The number of hydrogen-bond donors (Lipinski definition) is 1. The van der Waals surface area contributed by atoms with Crippen LogP contribution in [0.5, 0.6) is 0 Å². The molecule has 5 aromatic rings. The van der Waals surface area contributed by atoms with Crippen LogP contribution in [0.4, 0.5) is 11.4 Å². The number of rotatable bonds is 7. The fourth-order valence-corrected chi connectivity index (χ4v) is 9.15. The number of benzene rings is 4. The van der Waals surface area contributed by atoms with Crippen molar-refractivity contribution in [3.63, 3.8) is 0 Å². The van der Waals surface area contributed by atoms with Gasteiger partial charge in [0, 0.05) is 21.0 Å². The molecule has 0 radical (unpaired) electrons. The van der Waals surface area contributed by atoms with E-state index in [1.54, 1.807) is 19.1 Å². The van der Waals surface area contributed by atoms with Crippen molar-refractivity contribution >= 4 is 84.9 Å². The van der Waals surface area contributed by atoms with Gasteiger partial charge in [0.15, 0.2) is 0 Å². The van der Waals surface area contributed by atoms with Crippen LogP contribution < -0.4 is 15.1 Å². The van der Waals surface area contributed by atoms with E-state index in [1.807, 2.05) is 66.7 Å². The Hall–Kier alpha value is -4.52. The number of esters is 1. The lowest BCUT2D eigenvalue weighted by Gasteiger charge is -2.30. The summed E-state index contributed by atoms with van der Waals surface area (Å²) in [5, 5.41) is 4.57. The second kappa shape index (κ2) is 12.6. The lowest BCUT2D eigenvalue weighted by atomic mass is 9.83. The van der Waals surface area contributed by atoms with E-state index in [4.69, 9.17) is 4.74 Å². The Kier molecular flexibility index (Phi) is 8.33. The summed E-state index contributed by atoms with van der Waals surface area (Å²) in [5.74, 6) is -3.08. The van der Waals surface area contributed by atoms with Crippen molar-refractivity contribution in [1.82, 2.24) is 4.57 Å². The summed E-state index contributed by atoms with van der Waals surface area (Å²) in [6.07, 6.45) is 0. The number of thiazole rings is 1. The molecular weight excluding hydrogens is 702 g/mol. The molecule has 4 aromatic carbocycles. The molecule has 1 aromatic heterocycles. The van der Waals surface area contributed by atoms with Crippen molar-refractivity contribution in [3.05, 3.63) is 121 Å². The summed E-state index contributed by atoms with van der Waals surface area (Å²) in [7, 11) is 0. The molecule has 1 saturated heterocycles. The SMILES string of the molecule is CCOC(=O)c1ccc(N2C(=O)C3Sc4c(sc(=O)n4CC(=O)Nc4ccc5ccccc5c4)C(c4ccc(Br)cc4)C3C2=O)cc1. The Morgan fingerprint density at radius 3 is 2.34 bits per heavy atom. The molecule has 3 heterocycles. The van der Waals surface area contributed by atoms with Crippen molar-refractivity contribution < 1.29 is 23.9 Å². The second-order valence-electron chi connectivity index (χ2n) is 11.1. The first-order chi connectivity index (χ1) is 22.7. The summed E-state index contributed by atoms with van der Waals surface area (Å²) in [6.45, 7) is 1.68. The van der Waals surface area contributed by atoms with Gasteiger partial charge in [-0.3, -0.25) is 23.7 Å². The molecule has 3 atom stereocenters. The Bertz CT molecular complexity index is 2130. The van der Waals surface area contributed by atoms with Crippen molar-refractivity contribution in [3.8, 4) is 0 Å². The fourth-order valence-electron chi connectivity index (χ4n) is 6.11. The van der Waals surface area contributed by atoms with Gasteiger partial charge in [0.25, 0.3) is 0 Å². The molecule has 236 valence electrons. The minimum atomic E-state index is -0.836. The van der Waals surface area contributed by atoms with E-state index in [0.717, 1.165) is 48.8 Å². The van der Waals surface area contributed by atoms with Gasteiger partial charge in [-0.15, -0.1) is 0 Å². The van der Waals surface area contributed by atoms with Gasteiger partial charge in [-0.2, -0.15) is 0 Å². The van der Waals surface area contributed by atoms with Crippen LogP contribution in [0.25, 0.3) is 10.8 Å². The average Bonchev–Trinajstić information content (AvgIpc) is 3.51. The molecule has 2 aliphatic heterocycles. The maximum Gasteiger partial charge on any atom is 0.338 e. The van der Waals surface area contributed by atoms with E-state index in [-0.39, 0.29) is 23.9 Å². The Morgan fingerprint density at radius 2 is 1.62 bits per heavy atom. The normalized spacial score (nSPS) is 18.6. The lowest BCUT2D eigenvalue weighted by molar-refractivity contribution is -0.122. The third kappa shape index (κ3) is 5.70. The standard InChI is InChI=1S/C35H26BrN3O6S2/c1-2-45-34(43)21-10-15-25(16-11-21)39-31(41)28-27(20-7-12-23(36)13-8-20)30-33(46-29(28)32(39)42)38(35(44)47-30)18-26(40)37-24-14-9-19-5-3-4-6-22(19)17-24/h3-17,27-29H,2,18H2,1H3,(H,37,40). The van der Waals surface area contributed by atoms with Crippen LogP contribution in [0, 0.1) is 5.92 Å². The maximum atomic E-state index is 14.1. The van der Waals surface area contributed by atoms with Gasteiger partial charge in [0.1, 0.15) is 11.8 Å². The lowest BCUT2D eigenvalue weighted by Crippen LogP contribution is -2.33. The highest BCUT2D eigenvalue weighted by atomic mass is 79.9. The number of carbonyl (C=O) groups is 4. The van der Waals surface area contributed by atoms with E-state index in [9.17, 15) is 24.0 Å². The number of amides is 3. The zero-order valence-electron chi connectivity index (χ0n) is 24.8. The molecule has 0 bridgehead atoms. The minimum absolute atomic E-state index is 0.224. The van der Waals surface area contributed by atoms with Gasteiger partial charge in [-0.1, -0.05) is 81.5 Å². The molecule has 1 fully saturated rings. The molecule has 2 aliphatic rings. The van der Waals surface area contributed by atoms with Gasteiger partial charge < -0.3 is 10.1 Å². The monoisotopic (exact) mass is 727 g/mol. The van der Waals surface area contributed by atoms with E-state index < -0.39 is 34.9 Å². The van der Waals surface area contributed by atoms with Crippen LogP contribution in [0.1, 0.15) is 33.6 Å². The molecule has 1 N–H and O–H groups in total. The number of nitrogens with zero attached hydrogens (tertiary/aromatic N) is 2. The molecule has 3 unspecified atom stereocenters. The van der Waals surface area contributed by atoms with E-state index in [0.29, 0.717) is 26.8 Å². The highest BCUT2D eigenvalue weighted by Crippen LogP contribution is 2.54. The zero-order valence-corrected chi connectivity index (χ0v) is 28.1. The first-order valence-electron chi connectivity index (χ1n) is 14.8. The highest BCUT2D eigenvalue weighted by molar-refractivity contribution is 9.10. The Labute approximate surface area is 285 Å². The van der Waals surface area contributed by atoms with E-state index in [2.05, 4.69) is 21.2 Å². The number of anilines is 2. The zero-order chi connectivity index (χ0) is 32.8. The number of hydrogen-bond acceptors (Lipinski definition) is 8. The maximum absolute atomic E-state index is 14.1. The second-order valence-corrected chi connectivity index (χ2v) is 14.1.